The SMILES string of the molecule is CNC(C)c1ccc(N(C)Cc2ccoc2)cc1Cl. The van der Waals surface area contributed by atoms with Crippen molar-refractivity contribution in [3.8, 4) is 0 Å². The summed E-state index contributed by atoms with van der Waals surface area (Å²) < 4.78 is 5.08. The van der Waals surface area contributed by atoms with Crippen LogP contribution in [0.3, 0.4) is 0 Å². The molecule has 4 heteroatoms. The lowest BCUT2D eigenvalue weighted by atomic mass is 10.1. The van der Waals surface area contributed by atoms with Gasteiger partial charge in [0, 0.05) is 35.9 Å². The van der Waals surface area contributed by atoms with E-state index in [1.807, 2.05) is 26.2 Å². The average Bonchev–Trinajstić information content (AvgIpc) is 2.90. The molecular formula is C15H19ClN2O. The number of benzene rings is 1. The lowest BCUT2D eigenvalue weighted by molar-refractivity contribution is 0.563. The van der Waals surface area contributed by atoms with Crippen molar-refractivity contribution in [2.24, 2.45) is 0 Å². The van der Waals surface area contributed by atoms with Gasteiger partial charge in [0.05, 0.1) is 12.5 Å². The summed E-state index contributed by atoms with van der Waals surface area (Å²) in [6, 6.07) is 8.39. The number of halogens is 1. The Kier molecular flexibility index (Phi) is 4.51. The summed E-state index contributed by atoms with van der Waals surface area (Å²) in [5.74, 6) is 0. The van der Waals surface area contributed by atoms with Crippen molar-refractivity contribution < 1.29 is 4.42 Å². The quantitative estimate of drug-likeness (QED) is 0.900. The molecule has 0 saturated heterocycles. The number of anilines is 1. The highest BCUT2D eigenvalue weighted by molar-refractivity contribution is 6.31. The molecule has 0 aliphatic heterocycles. The van der Waals surface area contributed by atoms with Crippen LogP contribution < -0.4 is 10.2 Å². The highest BCUT2D eigenvalue weighted by Crippen LogP contribution is 2.28. The smallest absolute Gasteiger partial charge is 0.0952 e. The van der Waals surface area contributed by atoms with Crippen molar-refractivity contribution in [1.82, 2.24) is 5.32 Å². The number of rotatable bonds is 5. The highest BCUT2D eigenvalue weighted by Gasteiger charge is 2.10. The van der Waals surface area contributed by atoms with Crippen molar-refractivity contribution in [2.75, 3.05) is 19.0 Å². The number of nitrogens with one attached hydrogen (secondary N) is 1. The van der Waals surface area contributed by atoms with Gasteiger partial charge in [-0.15, -0.1) is 0 Å². The van der Waals surface area contributed by atoms with Gasteiger partial charge in [0.25, 0.3) is 0 Å². The molecule has 0 bridgehead atoms. The van der Waals surface area contributed by atoms with Crippen LogP contribution in [-0.4, -0.2) is 14.1 Å². The molecule has 19 heavy (non-hydrogen) atoms. The van der Waals surface area contributed by atoms with Crippen molar-refractivity contribution in [3.63, 3.8) is 0 Å². The van der Waals surface area contributed by atoms with Gasteiger partial charge in [-0.3, -0.25) is 0 Å². The monoisotopic (exact) mass is 278 g/mol. The first-order valence-electron chi connectivity index (χ1n) is 6.30. The predicted molar refractivity (Wildman–Crippen MR) is 79.7 cm³/mol. The van der Waals surface area contributed by atoms with Gasteiger partial charge in [0.15, 0.2) is 0 Å². The first-order chi connectivity index (χ1) is 9.11. The maximum absolute atomic E-state index is 6.34. The van der Waals surface area contributed by atoms with Crippen LogP contribution in [0.2, 0.25) is 5.02 Å². The molecule has 0 aliphatic carbocycles. The minimum absolute atomic E-state index is 0.251. The average molecular weight is 279 g/mol. The molecule has 2 rings (SSSR count). The third kappa shape index (κ3) is 3.31. The second kappa shape index (κ2) is 6.13. The molecule has 1 aromatic carbocycles. The molecule has 0 fully saturated rings. The Bertz CT molecular complexity index is 525. The molecule has 0 amide bonds. The topological polar surface area (TPSA) is 28.4 Å². The highest BCUT2D eigenvalue weighted by atomic mass is 35.5. The Morgan fingerprint density at radius 1 is 1.37 bits per heavy atom. The maximum atomic E-state index is 6.34. The summed E-state index contributed by atoms with van der Waals surface area (Å²) in [4.78, 5) is 2.14. The van der Waals surface area contributed by atoms with Gasteiger partial charge >= 0.3 is 0 Å². The molecule has 1 heterocycles. The standard InChI is InChI=1S/C15H19ClN2O/c1-11(17-2)14-5-4-13(8-15(14)16)18(3)9-12-6-7-19-10-12/h4-8,10-11,17H,9H2,1-3H3. The Labute approximate surface area is 119 Å². The number of hydrogen-bond acceptors (Lipinski definition) is 3. The van der Waals surface area contributed by atoms with Gasteiger partial charge in [-0.1, -0.05) is 17.7 Å². The molecule has 102 valence electrons. The fourth-order valence-electron chi connectivity index (χ4n) is 2.01. The molecule has 1 aromatic heterocycles. The summed E-state index contributed by atoms with van der Waals surface area (Å²) in [5.41, 5.74) is 3.36. The molecule has 1 unspecified atom stereocenters. The Hall–Kier alpha value is -1.45. The third-order valence-corrected chi connectivity index (χ3v) is 3.65. The zero-order chi connectivity index (χ0) is 13.8. The third-order valence-electron chi connectivity index (χ3n) is 3.32. The molecule has 1 atom stereocenters. The van der Waals surface area contributed by atoms with E-state index in [0.29, 0.717) is 0 Å². The molecule has 2 aromatic rings. The molecule has 3 nitrogen and oxygen atoms in total. The van der Waals surface area contributed by atoms with Gasteiger partial charge in [-0.05, 0) is 37.7 Å². The van der Waals surface area contributed by atoms with Crippen molar-refractivity contribution in [3.05, 3.63) is 52.9 Å². The van der Waals surface area contributed by atoms with Crippen LogP contribution in [0.5, 0.6) is 0 Å². The van der Waals surface area contributed by atoms with E-state index in [1.54, 1.807) is 12.5 Å². The van der Waals surface area contributed by atoms with Crippen LogP contribution in [-0.2, 0) is 6.54 Å². The second-order valence-electron chi connectivity index (χ2n) is 4.70. The lowest BCUT2D eigenvalue weighted by Gasteiger charge is -2.20. The van der Waals surface area contributed by atoms with Gasteiger partial charge in [0.1, 0.15) is 0 Å². The van der Waals surface area contributed by atoms with Crippen molar-refractivity contribution in [1.29, 1.82) is 0 Å². The minimum atomic E-state index is 0.251. The van der Waals surface area contributed by atoms with E-state index < -0.39 is 0 Å². The Morgan fingerprint density at radius 2 is 2.16 bits per heavy atom. The number of nitrogens with zero attached hydrogens (tertiary/aromatic N) is 1. The van der Waals surface area contributed by atoms with E-state index in [4.69, 9.17) is 16.0 Å². The Morgan fingerprint density at radius 3 is 2.74 bits per heavy atom. The van der Waals surface area contributed by atoms with E-state index in [1.165, 1.54) is 0 Å². The van der Waals surface area contributed by atoms with Crippen molar-refractivity contribution in [2.45, 2.75) is 19.5 Å². The molecular weight excluding hydrogens is 260 g/mol. The van der Waals surface area contributed by atoms with Crippen LogP contribution in [0.25, 0.3) is 0 Å². The number of furan rings is 1. The van der Waals surface area contributed by atoms with Crippen LogP contribution in [0, 0.1) is 0 Å². The lowest BCUT2D eigenvalue weighted by Crippen LogP contribution is -2.17. The van der Waals surface area contributed by atoms with Gasteiger partial charge in [0.2, 0.25) is 0 Å². The molecule has 1 N–H and O–H groups in total. The van der Waals surface area contributed by atoms with Gasteiger partial charge in [-0.2, -0.15) is 0 Å². The second-order valence-corrected chi connectivity index (χ2v) is 5.11. The molecule has 0 radical (unpaired) electrons. The van der Waals surface area contributed by atoms with E-state index in [9.17, 15) is 0 Å². The first kappa shape index (κ1) is 14.0. The van der Waals surface area contributed by atoms with E-state index in [0.717, 1.165) is 28.4 Å². The van der Waals surface area contributed by atoms with E-state index in [-0.39, 0.29) is 6.04 Å². The molecule has 0 spiro atoms. The first-order valence-corrected chi connectivity index (χ1v) is 6.68. The van der Waals surface area contributed by atoms with Crippen LogP contribution in [0.1, 0.15) is 24.1 Å². The van der Waals surface area contributed by atoms with E-state index in [2.05, 4.69) is 29.3 Å². The van der Waals surface area contributed by atoms with Crippen LogP contribution in [0.4, 0.5) is 5.69 Å². The summed E-state index contributed by atoms with van der Waals surface area (Å²) in [5, 5.41) is 3.99. The van der Waals surface area contributed by atoms with Gasteiger partial charge < -0.3 is 14.6 Å². The molecule has 0 saturated carbocycles. The zero-order valence-corrected chi connectivity index (χ0v) is 12.2. The van der Waals surface area contributed by atoms with Crippen molar-refractivity contribution >= 4 is 17.3 Å². The fourth-order valence-corrected chi connectivity index (χ4v) is 2.35. The minimum Gasteiger partial charge on any atom is -0.472 e. The summed E-state index contributed by atoms with van der Waals surface area (Å²) in [6.07, 6.45) is 3.45. The summed E-state index contributed by atoms with van der Waals surface area (Å²) in [7, 11) is 3.97. The summed E-state index contributed by atoms with van der Waals surface area (Å²) in [6.45, 7) is 2.89. The molecule has 0 aliphatic rings. The zero-order valence-electron chi connectivity index (χ0n) is 11.5. The fraction of sp³-hybridized carbons (Fsp3) is 0.333. The van der Waals surface area contributed by atoms with Gasteiger partial charge in [-0.25, -0.2) is 0 Å². The number of hydrogen-bond donors (Lipinski definition) is 1. The van der Waals surface area contributed by atoms with Crippen LogP contribution in [0.15, 0.2) is 41.2 Å². The predicted octanol–water partition coefficient (Wildman–Crippen LogP) is 3.85. The Balaban J connectivity index is 2.15. The van der Waals surface area contributed by atoms with Crippen LogP contribution >= 0.6 is 11.6 Å². The normalized spacial score (nSPS) is 12.4. The largest absolute Gasteiger partial charge is 0.472 e. The summed E-state index contributed by atoms with van der Waals surface area (Å²) >= 11 is 6.34. The maximum Gasteiger partial charge on any atom is 0.0952 e. The van der Waals surface area contributed by atoms with E-state index >= 15 is 0 Å².